The maximum atomic E-state index is 11.2. The van der Waals surface area contributed by atoms with Crippen molar-refractivity contribution in [3.05, 3.63) is 0 Å². The summed E-state index contributed by atoms with van der Waals surface area (Å²) in [6.45, 7) is 0.686. The highest BCUT2D eigenvalue weighted by atomic mass is 16.3. The average Bonchev–Trinajstić information content (AvgIpc) is 2.47. The lowest BCUT2D eigenvalue weighted by Crippen LogP contribution is -2.41. The van der Waals surface area contributed by atoms with Gasteiger partial charge in [-0.3, -0.25) is 4.79 Å². The van der Waals surface area contributed by atoms with Crippen molar-refractivity contribution >= 4 is 5.91 Å². The van der Waals surface area contributed by atoms with Crippen LogP contribution >= 0.6 is 0 Å². The smallest absolute Gasteiger partial charge is 0.237 e. The fourth-order valence-corrected chi connectivity index (χ4v) is 1.22. The van der Waals surface area contributed by atoms with Gasteiger partial charge in [0.25, 0.3) is 0 Å². The topological polar surface area (TPSA) is 81.6 Å². The van der Waals surface area contributed by atoms with Crippen LogP contribution in [0.1, 0.15) is 6.42 Å². The van der Waals surface area contributed by atoms with Crippen molar-refractivity contribution in [2.24, 2.45) is 0 Å². The van der Waals surface area contributed by atoms with Gasteiger partial charge in [0.1, 0.15) is 0 Å². The molecule has 0 aromatic rings. The highest BCUT2D eigenvalue weighted by Crippen LogP contribution is 2.05. The third-order valence-electron chi connectivity index (χ3n) is 1.84. The van der Waals surface area contributed by atoms with Crippen LogP contribution in [0.2, 0.25) is 0 Å². The number of rotatable bonds is 3. The molecule has 0 saturated carbocycles. The number of carbonyl (C=O) groups is 1. The minimum Gasteiger partial charge on any atom is -0.395 e. The van der Waals surface area contributed by atoms with Crippen molar-refractivity contribution in [3.63, 3.8) is 0 Å². The molecule has 1 saturated heterocycles. The summed E-state index contributed by atoms with van der Waals surface area (Å²) >= 11 is 0. The van der Waals surface area contributed by atoms with E-state index < -0.39 is 6.10 Å². The van der Waals surface area contributed by atoms with Crippen LogP contribution in [-0.4, -0.2) is 48.0 Å². The van der Waals surface area contributed by atoms with Gasteiger partial charge in [-0.05, 0) is 6.42 Å². The van der Waals surface area contributed by atoms with Crippen LogP contribution in [0, 0.1) is 0 Å². The van der Waals surface area contributed by atoms with Gasteiger partial charge < -0.3 is 20.8 Å². The molecule has 0 aromatic carbocycles. The van der Waals surface area contributed by atoms with Crippen LogP contribution in [0.25, 0.3) is 0 Å². The summed E-state index contributed by atoms with van der Waals surface area (Å²) in [7, 11) is 0. The molecule has 12 heavy (non-hydrogen) atoms. The van der Waals surface area contributed by atoms with Crippen molar-refractivity contribution < 1.29 is 15.0 Å². The van der Waals surface area contributed by atoms with Gasteiger partial charge in [-0.1, -0.05) is 0 Å². The Bertz CT molecular complexity index is 163. The third kappa shape index (κ3) is 2.44. The van der Waals surface area contributed by atoms with E-state index >= 15 is 0 Å². The molecular weight excluding hydrogens is 160 g/mol. The molecule has 0 aliphatic carbocycles. The number of aliphatic hydroxyl groups is 2. The summed E-state index contributed by atoms with van der Waals surface area (Å²) in [5, 5.41) is 22.9. The fourth-order valence-electron chi connectivity index (χ4n) is 1.22. The second kappa shape index (κ2) is 4.39. The molecule has 1 aliphatic rings. The lowest BCUT2D eigenvalue weighted by Gasteiger charge is -2.09. The van der Waals surface area contributed by atoms with Crippen molar-refractivity contribution in [1.82, 2.24) is 10.6 Å². The van der Waals surface area contributed by atoms with Gasteiger partial charge in [0, 0.05) is 13.1 Å². The van der Waals surface area contributed by atoms with E-state index in [-0.39, 0.29) is 25.1 Å². The number of amides is 1. The van der Waals surface area contributed by atoms with Crippen LogP contribution in [0.15, 0.2) is 0 Å². The Balaban J connectivity index is 2.23. The van der Waals surface area contributed by atoms with E-state index in [1.165, 1.54) is 0 Å². The standard InChI is InChI=1S/C7H14N2O3/c10-2-1-8-7(12)6-3-5(11)4-9-6/h5-6,9-11H,1-4H2,(H,8,12). The number of carbonyl (C=O) groups excluding carboxylic acids is 1. The highest BCUT2D eigenvalue weighted by Gasteiger charge is 2.27. The first-order valence-corrected chi connectivity index (χ1v) is 4.04. The monoisotopic (exact) mass is 174 g/mol. The second-order valence-corrected chi connectivity index (χ2v) is 2.86. The average molecular weight is 174 g/mol. The summed E-state index contributed by atoms with van der Waals surface area (Å²) in [4.78, 5) is 11.2. The highest BCUT2D eigenvalue weighted by molar-refractivity contribution is 5.82. The quantitative estimate of drug-likeness (QED) is 0.392. The summed E-state index contributed by atoms with van der Waals surface area (Å²) in [5.74, 6) is -0.152. The third-order valence-corrected chi connectivity index (χ3v) is 1.84. The Morgan fingerprint density at radius 2 is 2.42 bits per heavy atom. The van der Waals surface area contributed by atoms with E-state index in [2.05, 4.69) is 10.6 Å². The van der Waals surface area contributed by atoms with Crippen LogP contribution in [0.3, 0.4) is 0 Å². The molecule has 1 heterocycles. The van der Waals surface area contributed by atoms with Crippen LogP contribution in [0.4, 0.5) is 0 Å². The van der Waals surface area contributed by atoms with Gasteiger partial charge in [-0.25, -0.2) is 0 Å². The van der Waals surface area contributed by atoms with Gasteiger partial charge in [0.15, 0.2) is 0 Å². The van der Waals surface area contributed by atoms with E-state index in [4.69, 9.17) is 10.2 Å². The minimum absolute atomic E-state index is 0.0546. The molecule has 1 aliphatic heterocycles. The first-order valence-electron chi connectivity index (χ1n) is 4.04. The van der Waals surface area contributed by atoms with E-state index in [0.717, 1.165) is 0 Å². The Hall–Kier alpha value is -0.650. The zero-order valence-corrected chi connectivity index (χ0v) is 6.79. The molecular formula is C7H14N2O3. The Morgan fingerprint density at radius 3 is 2.92 bits per heavy atom. The molecule has 1 amide bonds. The van der Waals surface area contributed by atoms with Gasteiger partial charge in [0.05, 0.1) is 18.8 Å². The Labute approximate surface area is 70.8 Å². The van der Waals surface area contributed by atoms with E-state index in [1.807, 2.05) is 0 Å². The minimum atomic E-state index is -0.421. The van der Waals surface area contributed by atoms with E-state index in [9.17, 15) is 4.79 Å². The van der Waals surface area contributed by atoms with Gasteiger partial charge in [-0.2, -0.15) is 0 Å². The molecule has 4 N–H and O–H groups in total. The molecule has 0 spiro atoms. The van der Waals surface area contributed by atoms with Gasteiger partial charge in [0.2, 0.25) is 5.91 Å². The molecule has 2 atom stereocenters. The van der Waals surface area contributed by atoms with E-state index in [0.29, 0.717) is 13.0 Å². The second-order valence-electron chi connectivity index (χ2n) is 2.86. The summed E-state index contributed by atoms with van der Waals surface area (Å²) < 4.78 is 0. The molecule has 1 rings (SSSR count). The van der Waals surface area contributed by atoms with Gasteiger partial charge >= 0.3 is 0 Å². The van der Waals surface area contributed by atoms with Crippen LogP contribution < -0.4 is 10.6 Å². The fraction of sp³-hybridized carbons (Fsp3) is 0.857. The van der Waals surface area contributed by atoms with Crippen molar-refractivity contribution in [1.29, 1.82) is 0 Å². The number of hydrogen-bond donors (Lipinski definition) is 4. The summed E-state index contributed by atoms with van der Waals surface area (Å²) in [6, 6.07) is -0.299. The molecule has 5 nitrogen and oxygen atoms in total. The van der Waals surface area contributed by atoms with Crippen molar-refractivity contribution in [2.75, 3.05) is 19.7 Å². The van der Waals surface area contributed by atoms with Gasteiger partial charge in [-0.15, -0.1) is 0 Å². The zero-order valence-electron chi connectivity index (χ0n) is 6.79. The molecule has 2 unspecified atom stereocenters. The lowest BCUT2D eigenvalue weighted by atomic mass is 10.2. The van der Waals surface area contributed by atoms with E-state index in [1.54, 1.807) is 0 Å². The molecule has 5 heteroatoms. The Morgan fingerprint density at radius 1 is 1.67 bits per heavy atom. The van der Waals surface area contributed by atoms with Crippen LogP contribution in [0.5, 0.6) is 0 Å². The lowest BCUT2D eigenvalue weighted by molar-refractivity contribution is -0.123. The SMILES string of the molecule is O=C(NCCO)C1CC(O)CN1. The molecule has 0 radical (unpaired) electrons. The normalized spacial score (nSPS) is 28.8. The molecule has 0 bridgehead atoms. The van der Waals surface area contributed by atoms with Crippen molar-refractivity contribution in [2.45, 2.75) is 18.6 Å². The number of hydrogen-bond acceptors (Lipinski definition) is 4. The Kier molecular flexibility index (Phi) is 3.46. The predicted molar refractivity (Wildman–Crippen MR) is 42.5 cm³/mol. The first-order chi connectivity index (χ1) is 5.74. The molecule has 70 valence electrons. The van der Waals surface area contributed by atoms with Crippen molar-refractivity contribution in [3.8, 4) is 0 Å². The molecule has 0 aromatic heterocycles. The number of aliphatic hydroxyl groups excluding tert-OH is 2. The summed E-state index contributed by atoms with van der Waals surface area (Å²) in [5.41, 5.74) is 0. The summed E-state index contributed by atoms with van der Waals surface area (Å²) in [6.07, 6.45) is 0.0342. The zero-order chi connectivity index (χ0) is 8.97. The number of nitrogens with one attached hydrogen (secondary N) is 2. The largest absolute Gasteiger partial charge is 0.395 e. The van der Waals surface area contributed by atoms with Crippen LogP contribution in [-0.2, 0) is 4.79 Å². The predicted octanol–water partition coefficient (Wildman–Crippen LogP) is -2.18. The maximum absolute atomic E-state index is 11.2. The number of β-amino-alcohol motifs (C(OH)–C–C–N with tert-alkyl or cyclic N) is 1. The first kappa shape index (κ1) is 9.44. The maximum Gasteiger partial charge on any atom is 0.237 e. The molecule has 1 fully saturated rings.